The predicted molar refractivity (Wildman–Crippen MR) is 81.5 cm³/mol. The number of rotatable bonds is 6. The van der Waals surface area contributed by atoms with Gasteiger partial charge in [-0.25, -0.2) is 0 Å². The van der Waals surface area contributed by atoms with E-state index in [2.05, 4.69) is 37.9 Å². The van der Waals surface area contributed by atoms with Gasteiger partial charge in [0.1, 0.15) is 0 Å². The fourth-order valence-corrected chi connectivity index (χ4v) is 2.86. The number of hydrogen-bond acceptors (Lipinski definition) is 4. The van der Waals surface area contributed by atoms with Gasteiger partial charge in [0.05, 0.1) is 18.2 Å². The number of morpholine rings is 1. The van der Waals surface area contributed by atoms with Crippen molar-refractivity contribution in [2.75, 3.05) is 19.6 Å². The third-order valence-corrected chi connectivity index (χ3v) is 3.64. The summed E-state index contributed by atoms with van der Waals surface area (Å²) in [5.74, 6) is 0.393. The Morgan fingerprint density at radius 3 is 2.30 bits per heavy atom. The van der Waals surface area contributed by atoms with E-state index in [0.717, 1.165) is 19.5 Å². The molecule has 1 fully saturated rings. The van der Waals surface area contributed by atoms with Crippen LogP contribution in [0.3, 0.4) is 0 Å². The van der Waals surface area contributed by atoms with E-state index in [9.17, 15) is 4.79 Å². The number of ether oxygens (including phenoxy) is 1. The van der Waals surface area contributed by atoms with Gasteiger partial charge >= 0.3 is 0 Å². The van der Waals surface area contributed by atoms with E-state index in [4.69, 9.17) is 10.5 Å². The van der Waals surface area contributed by atoms with Crippen molar-refractivity contribution >= 4 is 5.91 Å². The average molecular weight is 285 g/mol. The molecular formula is C15H31N3O2. The number of nitrogens with zero attached hydrogens (tertiary/aromatic N) is 1. The highest BCUT2D eigenvalue weighted by atomic mass is 16.5. The molecule has 0 aliphatic carbocycles. The maximum atomic E-state index is 12.4. The van der Waals surface area contributed by atoms with E-state index in [-0.39, 0.29) is 36.1 Å². The maximum Gasteiger partial charge on any atom is 0.237 e. The van der Waals surface area contributed by atoms with Crippen LogP contribution < -0.4 is 11.1 Å². The van der Waals surface area contributed by atoms with E-state index in [1.165, 1.54) is 0 Å². The molecule has 0 spiro atoms. The van der Waals surface area contributed by atoms with Crippen molar-refractivity contribution in [3.63, 3.8) is 0 Å². The Morgan fingerprint density at radius 1 is 1.30 bits per heavy atom. The molecule has 4 unspecified atom stereocenters. The van der Waals surface area contributed by atoms with Crippen molar-refractivity contribution in [2.24, 2.45) is 11.7 Å². The van der Waals surface area contributed by atoms with Crippen LogP contribution in [0.4, 0.5) is 0 Å². The molecule has 118 valence electrons. The first-order chi connectivity index (χ1) is 9.31. The molecule has 0 aromatic rings. The summed E-state index contributed by atoms with van der Waals surface area (Å²) in [6.07, 6.45) is 1.17. The van der Waals surface area contributed by atoms with Gasteiger partial charge in [-0.2, -0.15) is 0 Å². The van der Waals surface area contributed by atoms with Crippen LogP contribution in [-0.4, -0.2) is 54.7 Å². The number of nitrogens with one attached hydrogen (secondary N) is 1. The number of carbonyl (C=O) groups excluding carboxylic acids is 1. The minimum atomic E-state index is -0.0862. The van der Waals surface area contributed by atoms with E-state index in [0.29, 0.717) is 6.54 Å². The predicted octanol–water partition coefficient (Wildman–Crippen LogP) is 0.974. The largest absolute Gasteiger partial charge is 0.373 e. The molecule has 0 bridgehead atoms. The summed E-state index contributed by atoms with van der Waals surface area (Å²) >= 11 is 0. The molecule has 1 heterocycles. The summed E-state index contributed by atoms with van der Waals surface area (Å²) in [7, 11) is 0. The Balaban J connectivity index is 2.60. The molecule has 3 N–H and O–H groups in total. The molecule has 0 aromatic carbocycles. The lowest BCUT2D eigenvalue weighted by Gasteiger charge is -2.41. The monoisotopic (exact) mass is 285 g/mol. The first-order valence-electron chi connectivity index (χ1n) is 7.74. The van der Waals surface area contributed by atoms with Gasteiger partial charge in [-0.1, -0.05) is 13.8 Å². The van der Waals surface area contributed by atoms with Gasteiger partial charge in [-0.15, -0.1) is 0 Å². The third kappa shape index (κ3) is 5.38. The maximum absolute atomic E-state index is 12.4. The molecule has 4 atom stereocenters. The van der Waals surface area contributed by atoms with Crippen LogP contribution in [-0.2, 0) is 9.53 Å². The molecule has 1 aliphatic heterocycles. The van der Waals surface area contributed by atoms with Crippen LogP contribution in [0.2, 0.25) is 0 Å². The highest BCUT2D eigenvalue weighted by Crippen LogP contribution is 2.18. The topological polar surface area (TPSA) is 67.6 Å². The van der Waals surface area contributed by atoms with Gasteiger partial charge in [0.2, 0.25) is 5.91 Å². The van der Waals surface area contributed by atoms with Gasteiger partial charge in [0, 0.05) is 25.7 Å². The van der Waals surface area contributed by atoms with Gasteiger partial charge in [-0.05, 0) is 33.1 Å². The summed E-state index contributed by atoms with van der Waals surface area (Å²) in [4.78, 5) is 14.7. The number of carbonyl (C=O) groups is 1. The van der Waals surface area contributed by atoms with Crippen LogP contribution >= 0.6 is 0 Å². The smallest absolute Gasteiger partial charge is 0.237 e. The molecule has 20 heavy (non-hydrogen) atoms. The first kappa shape index (κ1) is 17.4. The minimum absolute atomic E-state index is 0.0862. The van der Waals surface area contributed by atoms with E-state index in [1.54, 1.807) is 0 Å². The number of hydrogen-bond donors (Lipinski definition) is 2. The highest BCUT2D eigenvalue weighted by Gasteiger charge is 2.33. The molecule has 0 radical (unpaired) electrons. The molecule has 1 rings (SSSR count). The van der Waals surface area contributed by atoms with Gasteiger partial charge in [-0.3, -0.25) is 9.69 Å². The molecule has 0 saturated carbocycles. The molecule has 5 nitrogen and oxygen atoms in total. The third-order valence-electron chi connectivity index (χ3n) is 3.64. The van der Waals surface area contributed by atoms with Gasteiger partial charge < -0.3 is 15.8 Å². The number of nitrogens with two attached hydrogens (primary N) is 1. The van der Waals surface area contributed by atoms with Crippen molar-refractivity contribution in [3.05, 3.63) is 0 Å². The van der Waals surface area contributed by atoms with E-state index in [1.807, 2.05) is 6.92 Å². The lowest BCUT2D eigenvalue weighted by Crippen LogP contribution is -2.57. The van der Waals surface area contributed by atoms with Crippen LogP contribution in [0.15, 0.2) is 0 Å². The van der Waals surface area contributed by atoms with E-state index < -0.39 is 0 Å². The zero-order valence-corrected chi connectivity index (χ0v) is 13.6. The zero-order chi connectivity index (χ0) is 15.3. The van der Waals surface area contributed by atoms with Crippen molar-refractivity contribution in [1.29, 1.82) is 0 Å². The minimum Gasteiger partial charge on any atom is -0.373 e. The molecule has 0 aromatic heterocycles. The SMILES string of the molecule is CC(N)CCNC(=O)C(C(C)C)N1CC(C)OC(C)C1. The highest BCUT2D eigenvalue weighted by molar-refractivity contribution is 5.82. The molecule has 1 amide bonds. The van der Waals surface area contributed by atoms with Gasteiger partial charge in [0.25, 0.3) is 0 Å². The lowest BCUT2D eigenvalue weighted by atomic mass is 9.99. The Morgan fingerprint density at radius 2 is 1.85 bits per heavy atom. The van der Waals surface area contributed by atoms with Crippen LogP contribution in [0, 0.1) is 5.92 Å². The molecule has 5 heteroatoms. The summed E-state index contributed by atoms with van der Waals surface area (Å²) in [5, 5.41) is 3.02. The normalized spacial score (nSPS) is 27.4. The van der Waals surface area contributed by atoms with Crippen LogP contribution in [0.1, 0.15) is 41.0 Å². The standard InChI is InChI=1S/C15H31N3O2/c1-10(2)14(15(19)17-7-6-11(3)16)18-8-12(4)20-13(5)9-18/h10-14H,6-9,16H2,1-5H3,(H,17,19). The van der Waals surface area contributed by atoms with Crippen molar-refractivity contribution in [2.45, 2.75) is 65.3 Å². The Kier molecular flexibility index (Phi) is 6.92. The lowest BCUT2D eigenvalue weighted by molar-refractivity contribution is -0.135. The summed E-state index contributed by atoms with van der Waals surface area (Å²) in [6, 6.07) is 0.0353. The average Bonchev–Trinajstić information content (AvgIpc) is 2.26. The fourth-order valence-electron chi connectivity index (χ4n) is 2.86. The summed E-state index contributed by atoms with van der Waals surface area (Å²) in [6.45, 7) is 12.6. The first-order valence-corrected chi connectivity index (χ1v) is 7.74. The van der Waals surface area contributed by atoms with Crippen molar-refractivity contribution in [3.8, 4) is 0 Å². The summed E-state index contributed by atoms with van der Waals surface area (Å²) < 4.78 is 5.75. The second-order valence-corrected chi connectivity index (χ2v) is 6.46. The molecule has 1 aliphatic rings. The number of amides is 1. The van der Waals surface area contributed by atoms with Crippen molar-refractivity contribution < 1.29 is 9.53 Å². The Hall–Kier alpha value is -0.650. The zero-order valence-electron chi connectivity index (χ0n) is 13.6. The van der Waals surface area contributed by atoms with Gasteiger partial charge in [0.15, 0.2) is 0 Å². The Bertz CT molecular complexity index is 297. The van der Waals surface area contributed by atoms with Crippen molar-refractivity contribution in [1.82, 2.24) is 10.2 Å². The van der Waals surface area contributed by atoms with Crippen LogP contribution in [0.5, 0.6) is 0 Å². The second-order valence-electron chi connectivity index (χ2n) is 6.46. The Labute approximate surface area is 123 Å². The summed E-state index contributed by atoms with van der Waals surface area (Å²) in [5.41, 5.74) is 5.72. The molecular weight excluding hydrogens is 254 g/mol. The molecule has 1 saturated heterocycles. The second kappa shape index (κ2) is 7.96. The quantitative estimate of drug-likeness (QED) is 0.763. The fraction of sp³-hybridized carbons (Fsp3) is 0.933. The van der Waals surface area contributed by atoms with E-state index >= 15 is 0 Å². The van der Waals surface area contributed by atoms with Crippen LogP contribution in [0.25, 0.3) is 0 Å².